The molecule has 1 atom stereocenters. The zero-order valence-electron chi connectivity index (χ0n) is 7.83. The quantitative estimate of drug-likeness (QED) is 0.478. The Morgan fingerprint density at radius 1 is 1.17 bits per heavy atom. The van der Waals surface area contributed by atoms with Gasteiger partial charge in [0, 0.05) is 17.7 Å². The molecule has 0 N–H and O–H groups in total. The minimum atomic E-state index is 0.836. The van der Waals surface area contributed by atoms with Crippen molar-refractivity contribution in [1.29, 1.82) is 0 Å². The highest BCUT2D eigenvalue weighted by atomic mass is 15.3. The van der Waals surface area contributed by atoms with Gasteiger partial charge in [0.2, 0.25) is 0 Å². The third kappa shape index (κ3) is 0.901. The van der Waals surface area contributed by atoms with Gasteiger partial charge in [-0.15, -0.1) is 0 Å². The van der Waals surface area contributed by atoms with Crippen LogP contribution in [0.1, 0.15) is 13.8 Å². The molecule has 0 spiro atoms. The summed E-state index contributed by atoms with van der Waals surface area (Å²) in [6.07, 6.45) is 11.0. The van der Waals surface area contributed by atoms with Crippen LogP contribution in [0.3, 0.4) is 0 Å². The molecular formula is C11H14N+. The molecule has 12 heavy (non-hydrogen) atoms. The van der Waals surface area contributed by atoms with Crippen LogP contribution in [0.25, 0.3) is 0 Å². The second kappa shape index (κ2) is 2.20. The van der Waals surface area contributed by atoms with Crippen molar-refractivity contribution in [3.8, 4) is 0 Å². The second-order valence-electron chi connectivity index (χ2n) is 3.72. The summed E-state index contributed by atoms with van der Waals surface area (Å²) in [5, 5.41) is 0. The average molecular weight is 160 g/mol. The Labute approximate surface area is 73.6 Å². The Morgan fingerprint density at radius 3 is 2.67 bits per heavy atom. The van der Waals surface area contributed by atoms with E-state index in [2.05, 4.69) is 51.5 Å². The lowest BCUT2D eigenvalue weighted by Gasteiger charge is -2.27. The van der Waals surface area contributed by atoms with Crippen LogP contribution in [-0.2, 0) is 0 Å². The van der Waals surface area contributed by atoms with Crippen LogP contribution in [0.5, 0.6) is 0 Å². The van der Waals surface area contributed by atoms with Crippen LogP contribution in [0.15, 0.2) is 47.5 Å². The van der Waals surface area contributed by atoms with Gasteiger partial charge in [0.1, 0.15) is 18.1 Å². The minimum Gasteiger partial charge on any atom is -0.241 e. The largest absolute Gasteiger partial charge is 0.241 e. The molecule has 0 aliphatic carbocycles. The fourth-order valence-corrected chi connectivity index (χ4v) is 1.71. The van der Waals surface area contributed by atoms with E-state index in [4.69, 9.17) is 0 Å². The molecule has 0 fully saturated rings. The summed E-state index contributed by atoms with van der Waals surface area (Å²) in [4.78, 5) is 0. The van der Waals surface area contributed by atoms with Crippen LogP contribution in [0, 0.1) is 0 Å². The van der Waals surface area contributed by atoms with Crippen molar-refractivity contribution in [3.05, 3.63) is 47.5 Å². The molecule has 1 unspecified atom stereocenters. The fourth-order valence-electron chi connectivity index (χ4n) is 1.71. The molecule has 2 rings (SSSR count). The highest BCUT2D eigenvalue weighted by Crippen LogP contribution is 2.31. The zero-order chi connectivity index (χ0) is 8.77. The second-order valence-corrected chi connectivity index (χ2v) is 3.72. The maximum atomic E-state index is 2.28. The van der Waals surface area contributed by atoms with Crippen molar-refractivity contribution in [2.24, 2.45) is 0 Å². The summed E-state index contributed by atoms with van der Waals surface area (Å²) in [6.45, 7) is 4.33. The molecule has 0 saturated heterocycles. The van der Waals surface area contributed by atoms with Crippen molar-refractivity contribution >= 4 is 0 Å². The van der Waals surface area contributed by atoms with Gasteiger partial charge in [-0.1, -0.05) is 0 Å². The molecular weight excluding hydrogens is 146 g/mol. The molecule has 1 nitrogen and oxygen atoms in total. The van der Waals surface area contributed by atoms with Gasteiger partial charge in [-0.2, -0.15) is 0 Å². The van der Waals surface area contributed by atoms with E-state index in [1.165, 1.54) is 16.8 Å². The van der Waals surface area contributed by atoms with Gasteiger partial charge in [0.25, 0.3) is 0 Å². The first kappa shape index (κ1) is 7.56. The summed E-state index contributed by atoms with van der Waals surface area (Å²) < 4.78 is 0.836. The molecule has 1 heteroatoms. The van der Waals surface area contributed by atoms with E-state index in [1.807, 2.05) is 0 Å². The summed E-state index contributed by atoms with van der Waals surface area (Å²) in [6, 6.07) is 0. The molecule has 0 aromatic carbocycles. The number of fused-ring (bicyclic) bond motifs is 1. The number of likely N-dealkylation sites (N-methyl/N-ethyl adjacent to an activating group) is 1. The lowest BCUT2D eigenvalue weighted by molar-refractivity contribution is -0.760. The monoisotopic (exact) mass is 160 g/mol. The van der Waals surface area contributed by atoms with E-state index >= 15 is 0 Å². The van der Waals surface area contributed by atoms with Gasteiger partial charge >= 0.3 is 0 Å². The van der Waals surface area contributed by atoms with Gasteiger partial charge in [-0.05, 0) is 25.5 Å². The molecule has 0 saturated carbocycles. The van der Waals surface area contributed by atoms with Gasteiger partial charge in [-0.25, -0.2) is 4.48 Å². The van der Waals surface area contributed by atoms with Crippen molar-refractivity contribution in [3.63, 3.8) is 0 Å². The molecule has 62 valence electrons. The molecule has 0 aromatic rings. The topological polar surface area (TPSA) is 0 Å². The van der Waals surface area contributed by atoms with Gasteiger partial charge in [0.05, 0.1) is 7.05 Å². The van der Waals surface area contributed by atoms with Crippen LogP contribution in [-0.4, -0.2) is 11.5 Å². The van der Waals surface area contributed by atoms with Crippen molar-refractivity contribution in [2.75, 3.05) is 7.05 Å². The third-order valence-electron chi connectivity index (χ3n) is 2.67. The van der Waals surface area contributed by atoms with E-state index < -0.39 is 0 Å². The zero-order valence-corrected chi connectivity index (χ0v) is 7.83. The van der Waals surface area contributed by atoms with Crippen molar-refractivity contribution in [2.45, 2.75) is 13.8 Å². The summed E-state index contributed by atoms with van der Waals surface area (Å²) in [5.74, 6) is 0. The van der Waals surface area contributed by atoms with Gasteiger partial charge in [-0.3, -0.25) is 0 Å². The number of hydrogen-bond acceptors (Lipinski definition) is 0. The summed E-state index contributed by atoms with van der Waals surface area (Å²) in [5.41, 5.74) is 4.11. The van der Waals surface area contributed by atoms with E-state index in [0.29, 0.717) is 0 Å². The van der Waals surface area contributed by atoms with Crippen LogP contribution >= 0.6 is 0 Å². The number of hydrogen-bond donors (Lipinski definition) is 0. The summed E-state index contributed by atoms with van der Waals surface area (Å²) >= 11 is 0. The highest BCUT2D eigenvalue weighted by molar-refractivity contribution is 5.38. The van der Waals surface area contributed by atoms with Gasteiger partial charge < -0.3 is 0 Å². The molecule has 0 radical (unpaired) electrons. The minimum absolute atomic E-state index is 0.836. The predicted molar refractivity (Wildman–Crippen MR) is 50.9 cm³/mol. The normalized spacial score (nSPS) is 32.4. The van der Waals surface area contributed by atoms with Gasteiger partial charge in [0.15, 0.2) is 0 Å². The Hall–Kier alpha value is -1.08. The van der Waals surface area contributed by atoms with E-state index in [9.17, 15) is 0 Å². The maximum Gasteiger partial charge on any atom is 0.142 e. The van der Waals surface area contributed by atoms with E-state index in [0.717, 1.165) is 4.48 Å². The first-order valence-electron chi connectivity index (χ1n) is 4.26. The lowest BCUT2D eigenvalue weighted by atomic mass is 10.1. The molecule has 2 aliphatic rings. The fraction of sp³-hybridized carbons (Fsp3) is 0.273. The molecule has 0 amide bonds. The number of rotatable bonds is 0. The maximum absolute atomic E-state index is 2.28. The number of allylic oxidation sites excluding steroid dienone is 5. The Kier molecular flexibility index (Phi) is 1.39. The standard InChI is InChI=1S/C11H14N/c1-9-7-11-5-4-6-12(11,3)8-10(9)2/h4-8H,1-3H3/q+1. The lowest BCUT2D eigenvalue weighted by Crippen LogP contribution is -2.30. The molecule has 2 aliphatic heterocycles. The highest BCUT2D eigenvalue weighted by Gasteiger charge is 2.28. The average Bonchev–Trinajstić information content (AvgIpc) is 2.32. The van der Waals surface area contributed by atoms with Crippen molar-refractivity contribution in [1.82, 2.24) is 0 Å². The van der Waals surface area contributed by atoms with Crippen LogP contribution < -0.4 is 0 Å². The summed E-state index contributed by atoms with van der Waals surface area (Å²) in [7, 11) is 2.20. The smallest absolute Gasteiger partial charge is 0.142 e. The van der Waals surface area contributed by atoms with Crippen molar-refractivity contribution < 1.29 is 4.48 Å². The Bertz CT molecular complexity index is 342. The SMILES string of the molecule is CC1=CC2=CC=C[N+]2(C)C=C1C. The first-order valence-corrected chi connectivity index (χ1v) is 4.26. The molecule has 2 heterocycles. The van der Waals surface area contributed by atoms with Crippen LogP contribution in [0.4, 0.5) is 0 Å². The Morgan fingerprint density at radius 2 is 1.92 bits per heavy atom. The first-order chi connectivity index (χ1) is 5.62. The third-order valence-corrected chi connectivity index (χ3v) is 2.67. The number of quaternary nitrogens is 1. The van der Waals surface area contributed by atoms with E-state index in [1.54, 1.807) is 0 Å². The Balaban J connectivity index is 2.53. The van der Waals surface area contributed by atoms with Crippen LogP contribution in [0.2, 0.25) is 0 Å². The molecule has 0 aromatic heterocycles. The van der Waals surface area contributed by atoms with E-state index in [-0.39, 0.29) is 0 Å². The number of nitrogens with zero attached hydrogens (tertiary/aromatic N) is 1. The molecule has 0 bridgehead atoms. The predicted octanol–water partition coefficient (Wildman–Crippen LogP) is 2.71.